The number of hydrogen-bond acceptors (Lipinski definition) is 6. The SMILES string of the molecule is CCOc1cc(/C=C2/C(=O)N(c3ccc(CC)cc3)C(=S)N2CC(=O)OC)cc(Br)c1OCc1ccc(F)cc1. The minimum atomic E-state index is -0.537. The third-order valence-corrected chi connectivity index (χ3v) is 7.18. The number of ether oxygens (including phenoxy) is 3. The molecule has 3 aromatic rings. The quantitative estimate of drug-likeness (QED) is 0.149. The van der Waals surface area contributed by atoms with E-state index in [1.54, 1.807) is 30.3 Å². The molecular weight excluding hydrogens is 599 g/mol. The molecule has 0 bridgehead atoms. The fraction of sp³-hybridized carbons (Fsp3) is 0.233. The molecule has 0 N–H and O–H groups in total. The third kappa shape index (κ3) is 6.51. The average Bonchev–Trinajstić information content (AvgIpc) is 3.17. The number of rotatable bonds is 10. The lowest BCUT2D eigenvalue weighted by Crippen LogP contribution is -2.35. The number of anilines is 1. The number of aryl methyl sites for hydroxylation is 1. The van der Waals surface area contributed by atoms with Gasteiger partial charge in [0.05, 0.1) is 23.9 Å². The molecule has 0 atom stereocenters. The van der Waals surface area contributed by atoms with Crippen LogP contribution in [0.25, 0.3) is 6.08 Å². The van der Waals surface area contributed by atoms with Gasteiger partial charge in [-0.05, 0) is 101 Å². The smallest absolute Gasteiger partial charge is 0.325 e. The van der Waals surface area contributed by atoms with Gasteiger partial charge < -0.3 is 19.1 Å². The molecule has 4 rings (SSSR count). The molecule has 40 heavy (non-hydrogen) atoms. The molecule has 1 amide bonds. The van der Waals surface area contributed by atoms with Gasteiger partial charge in [0.25, 0.3) is 5.91 Å². The van der Waals surface area contributed by atoms with Crippen LogP contribution < -0.4 is 14.4 Å². The van der Waals surface area contributed by atoms with Crippen molar-refractivity contribution in [1.29, 1.82) is 0 Å². The summed E-state index contributed by atoms with van der Waals surface area (Å²) in [4.78, 5) is 28.8. The van der Waals surface area contributed by atoms with Crippen LogP contribution in [0.2, 0.25) is 0 Å². The van der Waals surface area contributed by atoms with Gasteiger partial charge in [-0.15, -0.1) is 0 Å². The second-order valence-corrected chi connectivity index (χ2v) is 10.0. The van der Waals surface area contributed by atoms with E-state index >= 15 is 0 Å². The molecule has 1 aliphatic heterocycles. The summed E-state index contributed by atoms with van der Waals surface area (Å²) in [6, 6.07) is 17.1. The standard InChI is InChI=1S/C30H28BrFN2O5S/c1-4-19-8-12-23(13-9-19)34-29(36)25(33(30(34)40)17-27(35)37-3)15-21-14-24(31)28(26(16-21)38-5-2)39-18-20-6-10-22(32)11-7-20/h6-16H,4-5,17-18H2,1-3H3/b25-15-. The van der Waals surface area contributed by atoms with Crippen LogP contribution in [0.15, 0.2) is 70.8 Å². The predicted molar refractivity (Wildman–Crippen MR) is 159 cm³/mol. The summed E-state index contributed by atoms with van der Waals surface area (Å²) < 4.78 is 30.6. The number of halogens is 2. The number of carbonyl (C=O) groups is 2. The normalized spacial score (nSPS) is 14.2. The Labute approximate surface area is 246 Å². The lowest BCUT2D eigenvalue weighted by atomic mass is 10.1. The van der Waals surface area contributed by atoms with Crippen molar-refractivity contribution in [2.24, 2.45) is 0 Å². The van der Waals surface area contributed by atoms with Crippen molar-refractivity contribution in [2.75, 3.05) is 25.2 Å². The Morgan fingerprint density at radius 3 is 2.33 bits per heavy atom. The van der Waals surface area contributed by atoms with Gasteiger partial charge in [0.1, 0.15) is 24.7 Å². The summed E-state index contributed by atoms with van der Waals surface area (Å²) >= 11 is 9.20. The molecule has 0 spiro atoms. The Kier molecular flexibility index (Phi) is 9.54. The minimum absolute atomic E-state index is 0.175. The van der Waals surface area contributed by atoms with Crippen LogP contribution in [0, 0.1) is 5.82 Å². The number of thiocarbonyl (C=S) groups is 1. The van der Waals surface area contributed by atoms with E-state index in [4.69, 9.17) is 26.4 Å². The number of benzene rings is 3. The van der Waals surface area contributed by atoms with E-state index in [1.807, 2.05) is 38.1 Å². The number of amides is 1. The van der Waals surface area contributed by atoms with Crippen molar-refractivity contribution >= 4 is 56.9 Å². The van der Waals surface area contributed by atoms with Crippen LogP contribution in [-0.2, 0) is 27.4 Å². The molecule has 0 aliphatic carbocycles. The molecule has 0 radical (unpaired) electrons. The van der Waals surface area contributed by atoms with Crippen molar-refractivity contribution in [3.63, 3.8) is 0 Å². The maximum absolute atomic E-state index is 13.7. The average molecular weight is 628 g/mol. The van der Waals surface area contributed by atoms with Crippen LogP contribution >= 0.6 is 28.1 Å². The summed E-state index contributed by atoms with van der Waals surface area (Å²) in [6.45, 7) is 4.24. The Morgan fingerprint density at radius 1 is 1.02 bits per heavy atom. The molecule has 7 nitrogen and oxygen atoms in total. The molecule has 1 saturated heterocycles. The molecule has 3 aromatic carbocycles. The summed E-state index contributed by atoms with van der Waals surface area (Å²) in [6.07, 6.45) is 2.51. The van der Waals surface area contributed by atoms with Crippen LogP contribution in [0.5, 0.6) is 11.5 Å². The monoisotopic (exact) mass is 626 g/mol. The second kappa shape index (κ2) is 13.1. The Bertz CT molecular complexity index is 1440. The molecule has 0 saturated carbocycles. The number of carbonyl (C=O) groups excluding carboxylic acids is 2. The van der Waals surface area contributed by atoms with E-state index in [9.17, 15) is 14.0 Å². The highest BCUT2D eigenvalue weighted by Crippen LogP contribution is 2.39. The zero-order valence-electron chi connectivity index (χ0n) is 22.3. The highest BCUT2D eigenvalue weighted by atomic mass is 79.9. The topological polar surface area (TPSA) is 68.3 Å². The van der Waals surface area contributed by atoms with Gasteiger partial charge in [0.2, 0.25) is 0 Å². The van der Waals surface area contributed by atoms with E-state index < -0.39 is 5.97 Å². The Morgan fingerprint density at radius 2 is 1.70 bits per heavy atom. The largest absolute Gasteiger partial charge is 0.490 e. The molecule has 1 aliphatic rings. The Hall–Kier alpha value is -3.76. The first-order valence-corrected chi connectivity index (χ1v) is 13.8. The van der Waals surface area contributed by atoms with Crippen molar-refractivity contribution < 1.29 is 28.2 Å². The third-order valence-electron chi connectivity index (χ3n) is 6.18. The van der Waals surface area contributed by atoms with Gasteiger partial charge >= 0.3 is 5.97 Å². The van der Waals surface area contributed by atoms with E-state index in [0.29, 0.717) is 33.8 Å². The minimum Gasteiger partial charge on any atom is -0.490 e. The molecule has 208 valence electrons. The van der Waals surface area contributed by atoms with E-state index in [-0.39, 0.29) is 35.7 Å². The van der Waals surface area contributed by atoms with Gasteiger partial charge in [-0.25, -0.2) is 4.39 Å². The first-order chi connectivity index (χ1) is 19.2. The second-order valence-electron chi connectivity index (χ2n) is 8.81. The van der Waals surface area contributed by atoms with Gasteiger partial charge in [-0.3, -0.25) is 14.5 Å². The lowest BCUT2D eigenvalue weighted by molar-refractivity contribution is -0.140. The molecule has 0 unspecified atom stereocenters. The molecular formula is C30H28BrFN2O5S. The summed E-state index contributed by atoms with van der Waals surface area (Å²) in [7, 11) is 1.28. The van der Waals surface area contributed by atoms with Crippen molar-refractivity contribution in [1.82, 2.24) is 4.90 Å². The van der Waals surface area contributed by atoms with Crippen LogP contribution in [0.3, 0.4) is 0 Å². The highest BCUT2D eigenvalue weighted by Gasteiger charge is 2.40. The number of nitrogens with zero attached hydrogens (tertiary/aromatic N) is 2. The number of hydrogen-bond donors (Lipinski definition) is 0. The van der Waals surface area contributed by atoms with Crippen LogP contribution in [-0.4, -0.2) is 42.2 Å². The zero-order chi connectivity index (χ0) is 28.8. The molecule has 0 aromatic heterocycles. The number of methoxy groups -OCH3 is 1. The predicted octanol–water partition coefficient (Wildman–Crippen LogP) is 6.28. The first kappa shape index (κ1) is 29.2. The maximum atomic E-state index is 13.7. The van der Waals surface area contributed by atoms with E-state index in [0.717, 1.165) is 17.5 Å². The zero-order valence-corrected chi connectivity index (χ0v) is 24.7. The maximum Gasteiger partial charge on any atom is 0.325 e. The van der Waals surface area contributed by atoms with E-state index in [2.05, 4.69) is 15.9 Å². The van der Waals surface area contributed by atoms with E-state index in [1.165, 1.54) is 29.0 Å². The summed E-state index contributed by atoms with van der Waals surface area (Å²) in [5.74, 6) is -0.319. The summed E-state index contributed by atoms with van der Waals surface area (Å²) in [5, 5.41) is 0.175. The molecule has 10 heteroatoms. The van der Waals surface area contributed by atoms with Gasteiger partial charge in [-0.1, -0.05) is 31.2 Å². The Balaban J connectivity index is 1.70. The fourth-order valence-corrected chi connectivity index (χ4v) is 5.03. The van der Waals surface area contributed by atoms with Crippen LogP contribution in [0.4, 0.5) is 10.1 Å². The highest BCUT2D eigenvalue weighted by molar-refractivity contribution is 9.10. The molecule has 1 fully saturated rings. The van der Waals surface area contributed by atoms with Gasteiger partial charge in [0, 0.05) is 0 Å². The fourth-order valence-electron chi connectivity index (χ4n) is 4.10. The lowest BCUT2D eigenvalue weighted by Gasteiger charge is -2.19. The molecule has 1 heterocycles. The van der Waals surface area contributed by atoms with Crippen molar-refractivity contribution in [2.45, 2.75) is 26.9 Å². The van der Waals surface area contributed by atoms with Crippen molar-refractivity contribution in [3.05, 3.63) is 93.3 Å². The first-order valence-electron chi connectivity index (χ1n) is 12.6. The van der Waals surface area contributed by atoms with Crippen LogP contribution in [0.1, 0.15) is 30.5 Å². The summed E-state index contributed by atoms with van der Waals surface area (Å²) in [5.41, 5.74) is 3.35. The van der Waals surface area contributed by atoms with Gasteiger partial charge in [-0.2, -0.15) is 0 Å². The van der Waals surface area contributed by atoms with Crippen molar-refractivity contribution in [3.8, 4) is 11.5 Å². The van der Waals surface area contributed by atoms with Gasteiger partial charge in [0.15, 0.2) is 16.6 Å². The number of esters is 1.